The Kier molecular flexibility index (Phi) is 8.40. The number of ether oxygens (including phenoxy) is 1. The number of carbonyl (C=O) groups is 3. The van der Waals surface area contributed by atoms with Crippen LogP contribution in [-0.2, 0) is 24.3 Å². The molecule has 0 aromatic heterocycles. The molecule has 1 aromatic rings. The average molecular weight is 384 g/mol. The summed E-state index contributed by atoms with van der Waals surface area (Å²) in [6.45, 7) is 4.16. The highest BCUT2D eigenvalue weighted by Crippen LogP contribution is 2.10. The lowest BCUT2D eigenvalue weighted by Gasteiger charge is -2.14. The van der Waals surface area contributed by atoms with Crippen LogP contribution in [0.5, 0.6) is 0 Å². The number of esters is 1. The largest absolute Gasteiger partial charge is 0.455 e. The third kappa shape index (κ3) is 6.93. The van der Waals surface area contributed by atoms with Crippen molar-refractivity contribution in [2.24, 2.45) is 0 Å². The van der Waals surface area contributed by atoms with Gasteiger partial charge in [-0.1, -0.05) is 26.0 Å². The molecular weight excluding hydrogens is 360 g/mol. The fourth-order valence-electron chi connectivity index (χ4n) is 2.07. The van der Waals surface area contributed by atoms with Crippen molar-refractivity contribution in [1.29, 1.82) is 0 Å². The molecule has 0 unspecified atom stereocenters. The Morgan fingerprint density at radius 2 is 1.65 bits per heavy atom. The third-order valence-corrected chi connectivity index (χ3v) is 5.11. The quantitative estimate of drug-likeness (QED) is 0.459. The smallest absolute Gasteiger partial charge is 0.321 e. The van der Waals surface area contributed by atoms with E-state index in [0.29, 0.717) is 5.56 Å². The second-order valence-electron chi connectivity index (χ2n) is 5.65. The Balaban J connectivity index is 2.50. The first-order valence-corrected chi connectivity index (χ1v) is 9.73. The van der Waals surface area contributed by atoms with Crippen LogP contribution in [0.1, 0.15) is 44.0 Å². The summed E-state index contributed by atoms with van der Waals surface area (Å²) in [6, 6.07) is 5.33. The van der Waals surface area contributed by atoms with Crippen molar-refractivity contribution in [2.45, 2.75) is 44.6 Å². The molecule has 9 heteroatoms. The molecule has 0 aliphatic heterocycles. The van der Waals surface area contributed by atoms with Crippen LogP contribution in [0, 0.1) is 0 Å². The molecule has 0 spiro atoms. The van der Waals surface area contributed by atoms with Gasteiger partial charge in [-0.3, -0.25) is 14.4 Å². The molecule has 0 bridgehead atoms. The van der Waals surface area contributed by atoms with Gasteiger partial charge in [-0.15, -0.1) is 0 Å². The van der Waals surface area contributed by atoms with Gasteiger partial charge in [0.1, 0.15) is 6.54 Å². The first kappa shape index (κ1) is 21.8. The molecule has 0 saturated heterocycles. The van der Waals surface area contributed by atoms with Crippen LogP contribution in [-0.4, -0.2) is 45.3 Å². The van der Waals surface area contributed by atoms with Crippen LogP contribution in [0.2, 0.25) is 0 Å². The summed E-state index contributed by atoms with van der Waals surface area (Å²) in [7, 11) is -3.93. The zero-order valence-corrected chi connectivity index (χ0v) is 15.9. The first-order chi connectivity index (χ1) is 12.2. The van der Waals surface area contributed by atoms with Crippen molar-refractivity contribution in [3.05, 3.63) is 29.8 Å². The van der Waals surface area contributed by atoms with Gasteiger partial charge in [-0.05, 0) is 31.9 Å². The summed E-state index contributed by atoms with van der Waals surface area (Å²) in [5.74, 6) is -1.49. The summed E-state index contributed by atoms with van der Waals surface area (Å²) >= 11 is 0. The Morgan fingerprint density at radius 1 is 1.08 bits per heavy atom. The van der Waals surface area contributed by atoms with Crippen molar-refractivity contribution >= 4 is 27.7 Å². The Hall–Kier alpha value is -2.26. The number of ketones is 1. The molecule has 0 fully saturated rings. The normalized spacial score (nSPS) is 11.2. The summed E-state index contributed by atoms with van der Waals surface area (Å²) in [6.07, 6.45) is 1.52. The zero-order valence-electron chi connectivity index (χ0n) is 15.1. The van der Waals surface area contributed by atoms with Crippen LogP contribution in [0.15, 0.2) is 29.2 Å². The van der Waals surface area contributed by atoms with Gasteiger partial charge in [0.15, 0.2) is 12.4 Å². The summed E-state index contributed by atoms with van der Waals surface area (Å²) in [5, 5.41) is 2.70. The number of Topliss-reactive ketones (excluding diaryl/α,β-unsaturated/α-hetero) is 1. The number of rotatable bonds is 10. The maximum absolute atomic E-state index is 12.1. The molecule has 1 rings (SSSR count). The molecular formula is C17H24N2O6S. The van der Waals surface area contributed by atoms with Crippen LogP contribution in [0.3, 0.4) is 0 Å². The topological polar surface area (TPSA) is 119 Å². The summed E-state index contributed by atoms with van der Waals surface area (Å²) < 4.78 is 31.0. The van der Waals surface area contributed by atoms with Gasteiger partial charge in [0.05, 0.1) is 4.90 Å². The first-order valence-electron chi connectivity index (χ1n) is 8.25. The van der Waals surface area contributed by atoms with Crippen molar-refractivity contribution in [3.63, 3.8) is 0 Å². The maximum atomic E-state index is 12.1. The fraction of sp³-hybridized carbons (Fsp3) is 0.471. The third-order valence-electron chi connectivity index (χ3n) is 3.69. The van der Waals surface area contributed by atoms with Gasteiger partial charge in [0.2, 0.25) is 10.0 Å². The number of hydrogen-bond acceptors (Lipinski definition) is 6. The molecule has 0 aliphatic carbocycles. The number of carbonyl (C=O) groups excluding carboxylic acids is 3. The van der Waals surface area contributed by atoms with E-state index in [1.807, 2.05) is 13.8 Å². The Morgan fingerprint density at radius 3 is 2.15 bits per heavy atom. The molecule has 0 heterocycles. The predicted molar refractivity (Wildman–Crippen MR) is 95.1 cm³/mol. The van der Waals surface area contributed by atoms with E-state index in [4.69, 9.17) is 4.74 Å². The summed E-state index contributed by atoms with van der Waals surface area (Å²) in [5.41, 5.74) is 0.381. The van der Waals surface area contributed by atoms with E-state index in [1.54, 1.807) is 0 Å². The standard InChI is InChI=1S/C17H24N2O6S/c1-4-14(5-2)19-16(21)11-25-17(22)10-18-26(23,24)15-8-6-13(7-9-15)12(3)20/h6-9,14,18H,4-5,10-11H2,1-3H3,(H,19,21). The van der Waals surface area contributed by atoms with E-state index in [-0.39, 0.29) is 16.7 Å². The SMILES string of the molecule is CCC(CC)NC(=O)COC(=O)CNS(=O)(=O)c1ccc(C(C)=O)cc1. The van der Waals surface area contributed by atoms with Gasteiger partial charge >= 0.3 is 5.97 Å². The highest BCUT2D eigenvalue weighted by molar-refractivity contribution is 7.89. The minimum Gasteiger partial charge on any atom is -0.455 e. The van der Waals surface area contributed by atoms with E-state index in [9.17, 15) is 22.8 Å². The van der Waals surface area contributed by atoms with Crippen LogP contribution in [0.4, 0.5) is 0 Å². The second kappa shape index (κ2) is 10.0. The predicted octanol–water partition coefficient (Wildman–Crippen LogP) is 1.02. The monoisotopic (exact) mass is 384 g/mol. The van der Waals surface area contributed by atoms with Crippen molar-refractivity contribution in [1.82, 2.24) is 10.0 Å². The molecule has 0 radical (unpaired) electrons. The van der Waals surface area contributed by atoms with E-state index < -0.39 is 35.1 Å². The van der Waals surface area contributed by atoms with Crippen LogP contribution >= 0.6 is 0 Å². The number of amides is 1. The molecule has 0 atom stereocenters. The van der Waals surface area contributed by atoms with Crippen LogP contribution < -0.4 is 10.0 Å². The fourth-order valence-corrected chi connectivity index (χ4v) is 3.03. The van der Waals surface area contributed by atoms with E-state index in [1.165, 1.54) is 31.2 Å². The number of sulfonamides is 1. The molecule has 2 N–H and O–H groups in total. The Labute approximate surface area is 153 Å². The second-order valence-corrected chi connectivity index (χ2v) is 7.41. The molecule has 0 aliphatic rings. The minimum atomic E-state index is -3.93. The van der Waals surface area contributed by atoms with Gasteiger partial charge in [0.25, 0.3) is 5.91 Å². The van der Waals surface area contributed by atoms with E-state index in [0.717, 1.165) is 12.8 Å². The number of benzene rings is 1. The van der Waals surface area contributed by atoms with Gasteiger partial charge in [0, 0.05) is 11.6 Å². The molecule has 1 amide bonds. The maximum Gasteiger partial charge on any atom is 0.321 e. The van der Waals surface area contributed by atoms with Gasteiger partial charge in [-0.2, -0.15) is 4.72 Å². The van der Waals surface area contributed by atoms with Crippen molar-refractivity contribution < 1.29 is 27.5 Å². The molecule has 8 nitrogen and oxygen atoms in total. The highest BCUT2D eigenvalue weighted by atomic mass is 32.2. The number of nitrogens with one attached hydrogen (secondary N) is 2. The lowest BCUT2D eigenvalue weighted by atomic mass is 10.2. The minimum absolute atomic E-state index is 0.0117. The number of hydrogen-bond donors (Lipinski definition) is 2. The van der Waals surface area contributed by atoms with Gasteiger partial charge in [-0.25, -0.2) is 8.42 Å². The molecule has 1 aromatic carbocycles. The molecule has 0 saturated carbocycles. The highest BCUT2D eigenvalue weighted by Gasteiger charge is 2.17. The summed E-state index contributed by atoms with van der Waals surface area (Å²) in [4.78, 5) is 34.4. The van der Waals surface area contributed by atoms with Crippen LogP contribution in [0.25, 0.3) is 0 Å². The van der Waals surface area contributed by atoms with Crippen molar-refractivity contribution in [3.8, 4) is 0 Å². The molecule has 26 heavy (non-hydrogen) atoms. The zero-order chi connectivity index (χ0) is 19.7. The average Bonchev–Trinajstić information content (AvgIpc) is 2.62. The Bertz CT molecular complexity index is 739. The lowest BCUT2D eigenvalue weighted by molar-refractivity contribution is -0.147. The lowest BCUT2D eigenvalue weighted by Crippen LogP contribution is -2.38. The van der Waals surface area contributed by atoms with E-state index in [2.05, 4.69) is 10.0 Å². The van der Waals surface area contributed by atoms with E-state index >= 15 is 0 Å². The van der Waals surface area contributed by atoms with Crippen molar-refractivity contribution in [2.75, 3.05) is 13.2 Å². The molecule has 144 valence electrons. The van der Waals surface area contributed by atoms with Gasteiger partial charge < -0.3 is 10.1 Å².